The quantitative estimate of drug-likeness (QED) is 0.613. The number of halogens is 6. The van der Waals surface area contributed by atoms with E-state index in [9.17, 15) is 36.2 Å². The number of carbonyl (C=O) groups is 1. The number of piperidine rings is 1. The lowest BCUT2D eigenvalue weighted by Crippen LogP contribution is -2.44. The average Bonchev–Trinajstić information content (AvgIpc) is 3.10. The lowest BCUT2D eigenvalue weighted by molar-refractivity contribution is -0.177. The predicted octanol–water partition coefficient (Wildman–Crippen LogP) is 3.17. The molecule has 2 aromatic heterocycles. The normalized spacial score (nSPS) is 22.9. The molecule has 1 fully saturated rings. The van der Waals surface area contributed by atoms with Gasteiger partial charge in [0.05, 0.1) is 0 Å². The highest BCUT2D eigenvalue weighted by molar-refractivity contribution is 5.97. The van der Waals surface area contributed by atoms with Crippen LogP contribution in [-0.2, 0) is 11.0 Å². The Hall–Kier alpha value is -2.83. The van der Waals surface area contributed by atoms with Crippen LogP contribution in [0.15, 0.2) is 18.2 Å². The Labute approximate surface area is 171 Å². The van der Waals surface area contributed by atoms with Gasteiger partial charge in [-0.3, -0.25) is 9.89 Å². The van der Waals surface area contributed by atoms with Gasteiger partial charge in [0.15, 0.2) is 5.82 Å². The summed E-state index contributed by atoms with van der Waals surface area (Å²) >= 11 is 0. The average molecular weight is 449 g/mol. The summed E-state index contributed by atoms with van der Waals surface area (Å²) in [6.45, 7) is 0.525. The van der Waals surface area contributed by atoms with Crippen molar-refractivity contribution in [2.75, 3.05) is 23.3 Å². The molecule has 7 nitrogen and oxygen atoms in total. The van der Waals surface area contributed by atoms with Crippen LogP contribution in [0, 0.1) is 0 Å². The standard InChI is InChI=1S/C18H17F6N5O2/c19-17(20,21)9-2-1-3-10(25-9)29-6-4-8(5-7-29)13-11-12(18(22,23)24)14(30)16(31)26-15(11)28-27-13/h1-3,8,12,14,30H,4-7H2,(H2,26,27,28,31)/t12-,14-/m1/s1. The van der Waals surface area contributed by atoms with Crippen molar-refractivity contribution in [2.24, 2.45) is 0 Å². The minimum Gasteiger partial charge on any atom is -0.382 e. The van der Waals surface area contributed by atoms with Gasteiger partial charge in [-0.1, -0.05) is 6.07 Å². The largest absolute Gasteiger partial charge is 0.433 e. The fraction of sp³-hybridized carbons (Fsp3) is 0.500. The first-order valence-electron chi connectivity index (χ1n) is 9.40. The molecule has 2 aliphatic heterocycles. The van der Waals surface area contributed by atoms with E-state index < -0.39 is 41.9 Å². The van der Waals surface area contributed by atoms with Gasteiger partial charge in [0.1, 0.15) is 23.5 Å². The summed E-state index contributed by atoms with van der Waals surface area (Å²) < 4.78 is 79.5. The molecule has 2 atom stereocenters. The van der Waals surface area contributed by atoms with Crippen LogP contribution in [0.2, 0.25) is 0 Å². The number of rotatable bonds is 2. The van der Waals surface area contributed by atoms with Crippen molar-refractivity contribution in [2.45, 2.75) is 43.1 Å². The van der Waals surface area contributed by atoms with Gasteiger partial charge in [-0.15, -0.1) is 0 Å². The zero-order valence-electron chi connectivity index (χ0n) is 15.8. The van der Waals surface area contributed by atoms with Crippen LogP contribution in [0.25, 0.3) is 0 Å². The lowest BCUT2D eigenvalue weighted by atomic mass is 9.83. The van der Waals surface area contributed by atoms with E-state index in [-0.39, 0.29) is 36.0 Å². The van der Waals surface area contributed by atoms with Crippen molar-refractivity contribution >= 4 is 17.5 Å². The second-order valence-corrected chi connectivity index (χ2v) is 7.49. The zero-order valence-corrected chi connectivity index (χ0v) is 15.8. The molecule has 0 saturated carbocycles. The molecule has 0 aromatic carbocycles. The topological polar surface area (TPSA) is 94.1 Å². The molecular weight excluding hydrogens is 432 g/mol. The Balaban J connectivity index is 1.55. The minimum absolute atomic E-state index is 0.135. The maximum atomic E-state index is 13.6. The highest BCUT2D eigenvalue weighted by Gasteiger charge is 2.53. The van der Waals surface area contributed by atoms with E-state index >= 15 is 0 Å². The Bertz CT molecular complexity index is 981. The maximum absolute atomic E-state index is 13.6. The van der Waals surface area contributed by atoms with Gasteiger partial charge in [-0.25, -0.2) is 4.98 Å². The number of alkyl halides is 6. The van der Waals surface area contributed by atoms with E-state index in [1.54, 1.807) is 4.90 Å². The summed E-state index contributed by atoms with van der Waals surface area (Å²) in [5.74, 6) is -4.14. The van der Waals surface area contributed by atoms with Crippen molar-refractivity contribution < 1.29 is 36.2 Å². The number of aliphatic hydroxyl groups is 1. The molecule has 13 heteroatoms. The number of fused-ring (bicyclic) bond motifs is 1. The van der Waals surface area contributed by atoms with Crippen LogP contribution in [0.4, 0.5) is 38.0 Å². The second-order valence-electron chi connectivity index (χ2n) is 7.49. The Morgan fingerprint density at radius 1 is 1.10 bits per heavy atom. The number of anilines is 2. The molecule has 2 aromatic rings. The number of aliphatic hydroxyl groups excluding tert-OH is 1. The van der Waals surface area contributed by atoms with Crippen LogP contribution >= 0.6 is 0 Å². The van der Waals surface area contributed by atoms with Gasteiger partial charge < -0.3 is 15.3 Å². The third-order valence-corrected chi connectivity index (χ3v) is 5.58. The molecular formula is C18H17F6N5O2. The van der Waals surface area contributed by atoms with E-state index in [0.717, 1.165) is 6.07 Å². The third kappa shape index (κ3) is 3.93. The minimum atomic E-state index is -4.87. The highest BCUT2D eigenvalue weighted by Crippen LogP contribution is 2.47. The molecule has 3 N–H and O–H groups in total. The molecule has 0 spiro atoms. The van der Waals surface area contributed by atoms with E-state index in [0.29, 0.717) is 12.8 Å². The van der Waals surface area contributed by atoms with Gasteiger partial charge in [0.25, 0.3) is 5.91 Å². The molecule has 0 unspecified atom stereocenters. The number of hydrogen-bond donors (Lipinski definition) is 3. The van der Waals surface area contributed by atoms with Crippen molar-refractivity contribution in [3.8, 4) is 0 Å². The monoisotopic (exact) mass is 449 g/mol. The van der Waals surface area contributed by atoms with Gasteiger partial charge in [-0.05, 0) is 25.0 Å². The molecule has 168 valence electrons. The molecule has 4 heterocycles. The number of nitrogens with zero attached hydrogens (tertiary/aromatic N) is 3. The Morgan fingerprint density at radius 3 is 2.39 bits per heavy atom. The van der Waals surface area contributed by atoms with Gasteiger partial charge >= 0.3 is 12.4 Å². The van der Waals surface area contributed by atoms with Gasteiger partial charge in [0.2, 0.25) is 0 Å². The maximum Gasteiger partial charge on any atom is 0.433 e. The summed E-state index contributed by atoms with van der Waals surface area (Å²) in [4.78, 5) is 17.0. The van der Waals surface area contributed by atoms with Gasteiger partial charge in [0, 0.05) is 30.3 Å². The first kappa shape index (κ1) is 21.4. The molecule has 0 bridgehead atoms. The van der Waals surface area contributed by atoms with E-state index in [1.165, 1.54) is 12.1 Å². The molecule has 0 radical (unpaired) electrons. The molecule has 1 amide bonds. The molecule has 4 rings (SSSR count). The molecule has 2 aliphatic rings. The Morgan fingerprint density at radius 2 is 1.77 bits per heavy atom. The fourth-order valence-corrected chi connectivity index (χ4v) is 4.08. The first-order chi connectivity index (χ1) is 14.5. The number of aromatic nitrogens is 3. The predicted molar refractivity (Wildman–Crippen MR) is 95.4 cm³/mol. The van der Waals surface area contributed by atoms with Crippen molar-refractivity contribution in [3.05, 3.63) is 35.2 Å². The molecule has 0 aliphatic carbocycles. The molecule has 1 saturated heterocycles. The highest BCUT2D eigenvalue weighted by atomic mass is 19.4. The van der Waals surface area contributed by atoms with Crippen LogP contribution < -0.4 is 10.2 Å². The number of carbonyl (C=O) groups excluding carboxylic acids is 1. The molecule has 31 heavy (non-hydrogen) atoms. The van der Waals surface area contributed by atoms with Crippen molar-refractivity contribution in [3.63, 3.8) is 0 Å². The number of hydrogen-bond acceptors (Lipinski definition) is 5. The Kier molecular flexibility index (Phi) is 5.10. The van der Waals surface area contributed by atoms with E-state index in [1.807, 2.05) is 0 Å². The first-order valence-corrected chi connectivity index (χ1v) is 9.40. The van der Waals surface area contributed by atoms with E-state index in [2.05, 4.69) is 20.5 Å². The van der Waals surface area contributed by atoms with Crippen molar-refractivity contribution in [1.29, 1.82) is 0 Å². The van der Waals surface area contributed by atoms with Crippen molar-refractivity contribution in [1.82, 2.24) is 15.2 Å². The summed E-state index contributed by atoms with van der Waals surface area (Å²) in [5.41, 5.74) is -1.16. The van der Waals surface area contributed by atoms with Crippen LogP contribution in [0.1, 0.15) is 41.6 Å². The van der Waals surface area contributed by atoms with Crippen LogP contribution in [-0.4, -0.2) is 51.6 Å². The number of amides is 1. The number of H-pyrrole nitrogens is 1. The summed E-state index contributed by atoms with van der Waals surface area (Å²) in [6, 6.07) is 3.56. The number of aromatic amines is 1. The number of pyridine rings is 1. The SMILES string of the molecule is O=C1Nc2n[nH]c(C3CCN(c4cccc(C(F)(F)F)n4)CC3)c2[C@@H](C(F)(F)F)[C@H]1O. The summed E-state index contributed by atoms with van der Waals surface area (Å²) in [6.07, 6.45) is -11.1. The third-order valence-electron chi connectivity index (χ3n) is 5.58. The number of nitrogens with one attached hydrogen (secondary N) is 2. The van der Waals surface area contributed by atoms with Gasteiger partial charge in [-0.2, -0.15) is 31.4 Å². The smallest absolute Gasteiger partial charge is 0.382 e. The summed E-state index contributed by atoms with van der Waals surface area (Å²) in [7, 11) is 0. The zero-order chi connectivity index (χ0) is 22.6. The second kappa shape index (κ2) is 7.39. The van der Waals surface area contributed by atoms with E-state index in [4.69, 9.17) is 0 Å². The fourth-order valence-electron chi connectivity index (χ4n) is 4.08. The van der Waals surface area contributed by atoms with Crippen LogP contribution in [0.5, 0.6) is 0 Å². The van der Waals surface area contributed by atoms with Crippen LogP contribution in [0.3, 0.4) is 0 Å². The lowest BCUT2D eigenvalue weighted by Gasteiger charge is -2.35. The summed E-state index contributed by atoms with van der Waals surface area (Å²) in [5, 5.41) is 18.4.